The van der Waals surface area contributed by atoms with Gasteiger partial charge in [0.15, 0.2) is 0 Å². The molecule has 0 atom stereocenters. The van der Waals surface area contributed by atoms with E-state index < -0.39 is 0 Å². The summed E-state index contributed by atoms with van der Waals surface area (Å²) in [4.78, 5) is 11.8. The van der Waals surface area contributed by atoms with Crippen molar-refractivity contribution >= 4 is 18.1 Å². The van der Waals surface area contributed by atoms with Crippen molar-refractivity contribution in [3.63, 3.8) is 0 Å². The molecule has 3 nitrogen and oxygen atoms in total. The average molecular weight is 384 g/mol. The topological polar surface area (TPSA) is 35.5 Å². The minimum absolute atomic E-state index is 0.381. The van der Waals surface area contributed by atoms with Gasteiger partial charge >= 0.3 is 5.97 Å². The number of benzene rings is 3. The summed E-state index contributed by atoms with van der Waals surface area (Å²) in [6, 6.07) is 23.7. The molecule has 146 valence electrons. The Balaban J connectivity index is 1.65. The molecule has 0 aromatic heterocycles. The smallest absolute Gasteiger partial charge is 0.338 e. The lowest BCUT2D eigenvalue weighted by molar-refractivity contribution is -0.130. The van der Waals surface area contributed by atoms with E-state index in [0.29, 0.717) is 17.7 Å². The first-order chi connectivity index (χ1) is 14.1. The highest BCUT2D eigenvalue weighted by Crippen LogP contribution is 2.24. The van der Waals surface area contributed by atoms with Gasteiger partial charge in [-0.3, -0.25) is 0 Å². The second-order valence-electron chi connectivity index (χ2n) is 6.60. The summed E-state index contributed by atoms with van der Waals surface area (Å²) in [5.74, 6) is 0.989. The molecule has 3 aromatic rings. The number of carbonyl (C=O) groups excluding carboxylic acids is 1. The molecule has 0 spiro atoms. The molecule has 0 radical (unpaired) electrons. The van der Waals surface area contributed by atoms with Crippen LogP contribution in [0, 0.1) is 0 Å². The molecule has 0 saturated carbocycles. The standard InChI is InChI=1S/C26H24O3/c1-4-19(2)26(27)29-25-17-13-23(14-18-25)22-11-7-20(8-12-22)5-6-21-9-15-24(28-3)16-10-21/h5-18H,2,4H2,1,3H3/b6-5+. The lowest BCUT2D eigenvalue weighted by Crippen LogP contribution is -2.09. The van der Waals surface area contributed by atoms with Gasteiger partial charge in [-0.05, 0) is 52.9 Å². The van der Waals surface area contributed by atoms with E-state index in [4.69, 9.17) is 9.47 Å². The molecule has 0 aliphatic heterocycles. The second-order valence-corrected chi connectivity index (χ2v) is 6.60. The maximum Gasteiger partial charge on any atom is 0.338 e. The van der Waals surface area contributed by atoms with Crippen LogP contribution in [0.1, 0.15) is 24.5 Å². The van der Waals surface area contributed by atoms with Crippen molar-refractivity contribution in [1.82, 2.24) is 0 Å². The van der Waals surface area contributed by atoms with Gasteiger partial charge in [0.05, 0.1) is 7.11 Å². The van der Waals surface area contributed by atoms with E-state index in [1.54, 1.807) is 19.2 Å². The Morgan fingerprint density at radius 1 is 0.793 bits per heavy atom. The van der Waals surface area contributed by atoms with E-state index in [-0.39, 0.29) is 5.97 Å². The highest BCUT2D eigenvalue weighted by molar-refractivity contribution is 5.89. The van der Waals surface area contributed by atoms with Crippen molar-refractivity contribution in [3.05, 3.63) is 96.1 Å². The molecular formula is C26H24O3. The summed E-state index contributed by atoms with van der Waals surface area (Å²) < 4.78 is 10.5. The number of carbonyl (C=O) groups is 1. The van der Waals surface area contributed by atoms with Crippen LogP contribution in [-0.4, -0.2) is 13.1 Å². The van der Waals surface area contributed by atoms with Gasteiger partial charge in [0.1, 0.15) is 11.5 Å². The Morgan fingerprint density at radius 3 is 1.72 bits per heavy atom. The van der Waals surface area contributed by atoms with Gasteiger partial charge in [0.25, 0.3) is 0 Å². The molecule has 0 aliphatic carbocycles. The molecule has 0 heterocycles. The third-order valence-corrected chi connectivity index (χ3v) is 4.61. The lowest BCUT2D eigenvalue weighted by Gasteiger charge is -2.07. The summed E-state index contributed by atoms with van der Waals surface area (Å²) in [5, 5.41) is 0. The lowest BCUT2D eigenvalue weighted by atomic mass is 10.0. The minimum atomic E-state index is -0.381. The number of esters is 1. The molecule has 0 bridgehead atoms. The van der Waals surface area contributed by atoms with E-state index in [2.05, 4.69) is 43.0 Å². The number of methoxy groups -OCH3 is 1. The summed E-state index contributed by atoms with van der Waals surface area (Å²) in [7, 11) is 1.66. The van der Waals surface area contributed by atoms with Crippen LogP contribution in [0.4, 0.5) is 0 Å². The predicted molar refractivity (Wildman–Crippen MR) is 119 cm³/mol. The average Bonchev–Trinajstić information content (AvgIpc) is 2.78. The van der Waals surface area contributed by atoms with Crippen LogP contribution in [0.25, 0.3) is 23.3 Å². The Morgan fingerprint density at radius 2 is 1.24 bits per heavy atom. The normalized spacial score (nSPS) is 10.7. The third-order valence-electron chi connectivity index (χ3n) is 4.61. The van der Waals surface area contributed by atoms with Crippen LogP contribution >= 0.6 is 0 Å². The molecule has 0 fully saturated rings. The number of rotatable bonds is 7. The van der Waals surface area contributed by atoms with Gasteiger partial charge in [0.2, 0.25) is 0 Å². The number of ether oxygens (including phenoxy) is 2. The fourth-order valence-electron chi connectivity index (χ4n) is 2.73. The van der Waals surface area contributed by atoms with Crippen molar-refractivity contribution in [2.45, 2.75) is 13.3 Å². The van der Waals surface area contributed by atoms with Crippen LogP contribution in [0.3, 0.4) is 0 Å². The van der Waals surface area contributed by atoms with E-state index in [0.717, 1.165) is 28.0 Å². The van der Waals surface area contributed by atoms with E-state index in [9.17, 15) is 4.79 Å². The molecule has 29 heavy (non-hydrogen) atoms. The molecular weight excluding hydrogens is 360 g/mol. The van der Waals surface area contributed by atoms with Gasteiger partial charge in [-0.15, -0.1) is 0 Å². The van der Waals surface area contributed by atoms with Crippen LogP contribution < -0.4 is 9.47 Å². The summed E-state index contributed by atoms with van der Waals surface area (Å²) in [5.41, 5.74) is 4.86. The van der Waals surface area contributed by atoms with E-state index in [1.165, 1.54) is 0 Å². The van der Waals surface area contributed by atoms with Crippen LogP contribution in [0.5, 0.6) is 11.5 Å². The molecule has 0 unspecified atom stereocenters. The predicted octanol–water partition coefficient (Wildman–Crippen LogP) is 6.40. The van der Waals surface area contributed by atoms with Crippen LogP contribution in [0.2, 0.25) is 0 Å². The summed E-state index contributed by atoms with van der Waals surface area (Å²) in [6.07, 6.45) is 4.73. The zero-order valence-electron chi connectivity index (χ0n) is 16.7. The first-order valence-corrected chi connectivity index (χ1v) is 9.51. The molecule has 0 saturated heterocycles. The minimum Gasteiger partial charge on any atom is -0.497 e. The Hall–Kier alpha value is -3.59. The number of hydrogen-bond donors (Lipinski definition) is 0. The molecule has 0 amide bonds. The summed E-state index contributed by atoms with van der Waals surface area (Å²) in [6.45, 7) is 5.58. The van der Waals surface area contributed by atoms with Crippen molar-refractivity contribution in [1.29, 1.82) is 0 Å². The maximum absolute atomic E-state index is 11.8. The van der Waals surface area contributed by atoms with Crippen molar-refractivity contribution in [2.24, 2.45) is 0 Å². The SMILES string of the molecule is C=C(CC)C(=O)Oc1ccc(-c2ccc(/C=C/c3ccc(OC)cc3)cc2)cc1. The van der Waals surface area contributed by atoms with Crippen LogP contribution in [0.15, 0.2) is 84.9 Å². The molecule has 3 heteroatoms. The van der Waals surface area contributed by atoms with Crippen molar-refractivity contribution in [2.75, 3.05) is 7.11 Å². The monoisotopic (exact) mass is 384 g/mol. The fourth-order valence-corrected chi connectivity index (χ4v) is 2.73. The Labute approximate surface area is 171 Å². The zero-order valence-corrected chi connectivity index (χ0v) is 16.7. The number of hydrogen-bond acceptors (Lipinski definition) is 3. The first kappa shape index (κ1) is 20.2. The molecule has 0 N–H and O–H groups in total. The van der Waals surface area contributed by atoms with Crippen molar-refractivity contribution in [3.8, 4) is 22.6 Å². The Bertz CT molecular complexity index is 995. The zero-order chi connectivity index (χ0) is 20.6. The van der Waals surface area contributed by atoms with Crippen LogP contribution in [-0.2, 0) is 4.79 Å². The largest absolute Gasteiger partial charge is 0.497 e. The van der Waals surface area contributed by atoms with Gasteiger partial charge in [0, 0.05) is 5.57 Å². The van der Waals surface area contributed by atoms with E-state index >= 15 is 0 Å². The second kappa shape index (κ2) is 9.56. The highest BCUT2D eigenvalue weighted by atomic mass is 16.5. The molecule has 0 aliphatic rings. The summed E-state index contributed by atoms with van der Waals surface area (Å²) >= 11 is 0. The van der Waals surface area contributed by atoms with Gasteiger partial charge in [-0.1, -0.05) is 74.2 Å². The first-order valence-electron chi connectivity index (χ1n) is 9.51. The van der Waals surface area contributed by atoms with Gasteiger partial charge in [-0.2, -0.15) is 0 Å². The highest BCUT2D eigenvalue weighted by Gasteiger charge is 2.08. The van der Waals surface area contributed by atoms with Gasteiger partial charge in [-0.25, -0.2) is 4.79 Å². The van der Waals surface area contributed by atoms with Crippen molar-refractivity contribution < 1.29 is 14.3 Å². The quantitative estimate of drug-likeness (QED) is 0.204. The fraction of sp³-hybridized carbons (Fsp3) is 0.115. The Kier molecular flexibility index (Phi) is 6.64. The maximum atomic E-state index is 11.8. The third kappa shape index (κ3) is 5.45. The molecule has 3 aromatic carbocycles. The molecule has 3 rings (SSSR count). The van der Waals surface area contributed by atoms with E-state index in [1.807, 2.05) is 43.3 Å². The van der Waals surface area contributed by atoms with Gasteiger partial charge < -0.3 is 9.47 Å².